The Kier molecular flexibility index (Phi) is 11.8. The van der Waals surface area contributed by atoms with Crippen LogP contribution in [-0.4, -0.2) is 106 Å². The summed E-state index contributed by atoms with van der Waals surface area (Å²) in [6.07, 6.45) is -4.14. The summed E-state index contributed by atoms with van der Waals surface area (Å²) in [5.41, 5.74) is 0.520. The fraction of sp³-hybridized carbons (Fsp3) is 0.731. The molecule has 2 aliphatic heterocycles. The highest BCUT2D eigenvalue weighted by molar-refractivity contribution is 7.89. The molecular formula is C26H42F4N4O5S. The number of aliphatic hydroxyl groups excluding tert-OH is 1. The second-order valence-electron chi connectivity index (χ2n) is 11.8. The average Bonchev–Trinajstić information content (AvgIpc) is 3.23. The third-order valence-electron chi connectivity index (χ3n) is 7.23. The Labute approximate surface area is 234 Å². The predicted molar refractivity (Wildman–Crippen MR) is 144 cm³/mol. The lowest BCUT2D eigenvalue weighted by molar-refractivity contribution is -0.192. The van der Waals surface area contributed by atoms with Crippen molar-refractivity contribution in [3.8, 4) is 0 Å². The number of nitrogens with one attached hydrogen (secondary N) is 1. The van der Waals surface area contributed by atoms with E-state index in [0.717, 1.165) is 38.7 Å². The number of hydrogen-bond acceptors (Lipinski definition) is 7. The highest BCUT2D eigenvalue weighted by Gasteiger charge is 2.38. The van der Waals surface area contributed by atoms with Gasteiger partial charge in [-0.2, -0.15) is 13.2 Å². The summed E-state index contributed by atoms with van der Waals surface area (Å²) < 4.78 is 75.1. The SMILES string of the molecule is CC(CNS(=O)(=O)c1ccc(N2C[C@@H](CO)[C@H](CC(C)(C)C)C2)c(F)c1)N1CCN(C)CC1.O=C(O)C(F)(F)F. The quantitative estimate of drug-likeness (QED) is 0.392. The van der Waals surface area contributed by atoms with Crippen LogP contribution in [-0.2, 0) is 14.8 Å². The molecule has 40 heavy (non-hydrogen) atoms. The largest absolute Gasteiger partial charge is 0.490 e. The lowest BCUT2D eigenvalue weighted by Gasteiger charge is -2.36. The van der Waals surface area contributed by atoms with Crippen LogP contribution in [0.1, 0.15) is 34.1 Å². The zero-order chi connectivity index (χ0) is 30.5. The number of carboxylic acids is 1. The Morgan fingerprint density at radius 2 is 1.65 bits per heavy atom. The minimum absolute atomic E-state index is 0.0570. The number of alkyl halides is 3. The molecule has 2 aliphatic rings. The topological polar surface area (TPSA) is 113 Å². The number of likely N-dealkylation sites (N-methyl/N-ethyl adjacent to an activating group) is 1. The van der Waals surface area contributed by atoms with Gasteiger partial charge in [0.1, 0.15) is 5.82 Å². The molecule has 0 saturated carbocycles. The van der Waals surface area contributed by atoms with E-state index in [0.29, 0.717) is 18.8 Å². The first-order chi connectivity index (χ1) is 18.3. The maximum absolute atomic E-state index is 15.0. The summed E-state index contributed by atoms with van der Waals surface area (Å²) in [5.74, 6) is -2.94. The molecular weight excluding hydrogens is 556 g/mol. The summed E-state index contributed by atoms with van der Waals surface area (Å²) in [5, 5.41) is 16.9. The highest BCUT2D eigenvalue weighted by Crippen LogP contribution is 2.37. The van der Waals surface area contributed by atoms with Crippen LogP contribution in [0.5, 0.6) is 0 Å². The van der Waals surface area contributed by atoms with Crippen LogP contribution in [0.15, 0.2) is 23.1 Å². The monoisotopic (exact) mass is 598 g/mol. The van der Waals surface area contributed by atoms with E-state index >= 15 is 4.39 Å². The third-order valence-corrected chi connectivity index (χ3v) is 8.65. The molecule has 0 radical (unpaired) electrons. The van der Waals surface area contributed by atoms with Crippen molar-refractivity contribution < 1.29 is 41.0 Å². The standard InChI is InChI=1S/C24H41FN4O3S.C2HF3O2/c1-18(28-10-8-27(5)9-11-28)14-26-33(31,32)21-6-7-23(22(25)12-21)29-15-19(13-24(2,3)4)20(16-29)17-30;3-2(4,5)1(6)7/h6-7,12,18-20,26,30H,8-11,13-17H2,1-5H3;(H,6,7)/t18?,19-,20+;/m1./s1. The van der Waals surface area contributed by atoms with Gasteiger partial charge in [0.2, 0.25) is 10.0 Å². The molecule has 1 aromatic rings. The highest BCUT2D eigenvalue weighted by atomic mass is 32.2. The lowest BCUT2D eigenvalue weighted by Crippen LogP contribution is -2.51. The number of hydrogen-bond donors (Lipinski definition) is 3. The first-order valence-electron chi connectivity index (χ1n) is 13.2. The minimum Gasteiger partial charge on any atom is -0.475 e. The van der Waals surface area contributed by atoms with E-state index in [2.05, 4.69) is 42.3 Å². The number of aliphatic hydroxyl groups is 1. The van der Waals surface area contributed by atoms with Crippen LogP contribution in [0.2, 0.25) is 0 Å². The molecule has 1 aromatic carbocycles. The number of anilines is 1. The molecule has 2 saturated heterocycles. The van der Waals surface area contributed by atoms with E-state index in [1.165, 1.54) is 6.07 Å². The molecule has 2 heterocycles. The summed E-state index contributed by atoms with van der Waals surface area (Å²) >= 11 is 0. The smallest absolute Gasteiger partial charge is 0.475 e. The lowest BCUT2D eigenvalue weighted by atomic mass is 9.80. The van der Waals surface area contributed by atoms with Crippen molar-refractivity contribution >= 4 is 21.7 Å². The van der Waals surface area contributed by atoms with E-state index in [9.17, 15) is 26.7 Å². The summed E-state index contributed by atoms with van der Waals surface area (Å²) in [6.45, 7) is 13.8. The van der Waals surface area contributed by atoms with Crippen LogP contribution < -0.4 is 9.62 Å². The number of carboxylic acid groups (broad SMARTS) is 1. The van der Waals surface area contributed by atoms with E-state index < -0.39 is 28.0 Å². The van der Waals surface area contributed by atoms with Crippen LogP contribution in [0.3, 0.4) is 0 Å². The molecule has 3 atom stereocenters. The van der Waals surface area contributed by atoms with E-state index in [1.807, 2.05) is 11.8 Å². The summed E-state index contributed by atoms with van der Waals surface area (Å²) in [7, 11) is -1.72. The fourth-order valence-electron chi connectivity index (χ4n) is 4.98. The Morgan fingerprint density at radius 3 is 2.12 bits per heavy atom. The summed E-state index contributed by atoms with van der Waals surface area (Å²) in [6, 6.07) is 4.22. The van der Waals surface area contributed by atoms with Gasteiger partial charge in [0.25, 0.3) is 0 Å². The molecule has 3 N–H and O–H groups in total. The number of sulfonamides is 1. The first kappa shape index (κ1) is 34.2. The maximum atomic E-state index is 15.0. The minimum atomic E-state index is -5.08. The number of aliphatic carboxylic acids is 1. The maximum Gasteiger partial charge on any atom is 0.490 e. The van der Waals surface area contributed by atoms with Crippen LogP contribution in [0.25, 0.3) is 0 Å². The Hall–Kier alpha value is -2.00. The van der Waals surface area contributed by atoms with Crippen molar-refractivity contribution in [2.24, 2.45) is 17.3 Å². The predicted octanol–water partition coefficient (Wildman–Crippen LogP) is 2.85. The molecule has 14 heteroatoms. The van der Waals surface area contributed by atoms with Crippen molar-refractivity contribution in [1.29, 1.82) is 0 Å². The van der Waals surface area contributed by atoms with Crippen molar-refractivity contribution in [2.45, 2.75) is 51.2 Å². The van der Waals surface area contributed by atoms with Crippen LogP contribution >= 0.6 is 0 Å². The van der Waals surface area contributed by atoms with Crippen LogP contribution in [0.4, 0.5) is 23.2 Å². The normalized spacial score (nSPS) is 22.1. The van der Waals surface area contributed by atoms with Gasteiger partial charge < -0.3 is 20.0 Å². The van der Waals surface area contributed by atoms with Gasteiger partial charge in [0, 0.05) is 64.4 Å². The Morgan fingerprint density at radius 1 is 1.10 bits per heavy atom. The summed E-state index contributed by atoms with van der Waals surface area (Å²) in [4.78, 5) is 15.3. The van der Waals surface area contributed by atoms with E-state index in [-0.39, 0.29) is 41.3 Å². The molecule has 3 rings (SSSR count). The number of rotatable bonds is 8. The van der Waals surface area contributed by atoms with Gasteiger partial charge in [0.15, 0.2) is 0 Å². The van der Waals surface area contributed by atoms with Gasteiger partial charge in [-0.05, 0) is 49.9 Å². The van der Waals surface area contributed by atoms with Gasteiger partial charge >= 0.3 is 12.1 Å². The van der Waals surface area contributed by atoms with Crippen molar-refractivity contribution in [2.75, 3.05) is 64.4 Å². The Balaban J connectivity index is 0.000000708. The van der Waals surface area contributed by atoms with E-state index in [1.54, 1.807) is 6.07 Å². The molecule has 0 aliphatic carbocycles. The van der Waals surface area contributed by atoms with Crippen LogP contribution in [0, 0.1) is 23.1 Å². The molecule has 1 unspecified atom stereocenters. The van der Waals surface area contributed by atoms with Gasteiger partial charge in [-0.15, -0.1) is 0 Å². The molecule has 0 amide bonds. The molecule has 230 valence electrons. The van der Waals surface area contributed by atoms with Gasteiger partial charge in [0.05, 0.1) is 10.6 Å². The van der Waals surface area contributed by atoms with Crippen molar-refractivity contribution in [1.82, 2.24) is 14.5 Å². The second-order valence-corrected chi connectivity index (χ2v) is 13.6. The zero-order valence-corrected chi connectivity index (χ0v) is 24.5. The molecule has 0 spiro atoms. The number of halogens is 4. The van der Waals surface area contributed by atoms with E-state index in [4.69, 9.17) is 9.90 Å². The van der Waals surface area contributed by atoms with Crippen molar-refractivity contribution in [3.63, 3.8) is 0 Å². The number of piperazine rings is 1. The average molecular weight is 599 g/mol. The number of carbonyl (C=O) groups is 1. The zero-order valence-electron chi connectivity index (χ0n) is 23.7. The van der Waals surface area contributed by atoms with Gasteiger partial charge in [-0.3, -0.25) is 4.90 Å². The molecule has 9 nitrogen and oxygen atoms in total. The van der Waals surface area contributed by atoms with Gasteiger partial charge in [-0.25, -0.2) is 22.3 Å². The van der Waals surface area contributed by atoms with Crippen molar-refractivity contribution in [3.05, 3.63) is 24.0 Å². The first-order valence-corrected chi connectivity index (χ1v) is 14.7. The fourth-order valence-corrected chi connectivity index (χ4v) is 6.11. The number of benzene rings is 1. The molecule has 0 bridgehead atoms. The third kappa shape index (κ3) is 10.1. The van der Waals surface area contributed by atoms with Gasteiger partial charge in [-0.1, -0.05) is 20.8 Å². The number of nitrogens with zero attached hydrogens (tertiary/aromatic N) is 3. The molecule has 2 fully saturated rings. The molecule has 0 aromatic heterocycles. The Bertz CT molecular complexity index is 1090. The second kappa shape index (κ2) is 13.8.